The zero-order valence-corrected chi connectivity index (χ0v) is 18.7. The van der Waals surface area contributed by atoms with E-state index in [0.717, 1.165) is 10.0 Å². The van der Waals surface area contributed by atoms with Crippen LogP contribution >= 0.6 is 15.9 Å². The lowest BCUT2D eigenvalue weighted by Crippen LogP contribution is -2.26. The highest BCUT2D eigenvalue weighted by Gasteiger charge is 2.15. The maximum absolute atomic E-state index is 12.6. The molecule has 0 aliphatic heterocycles. The Morgan fingerprint density at radius 3 is 2.43 bits per heavy atom. The lowest BCUT2D eigenvalue weighted by atomic mass is 10.2. The minimum atomic E-state index is -3.23. The Kier molecular flexibility index (Phi) is 7.65. The Balaban J connectivity index is 1.54. The lowest BCUT2D eigenvalue weighted by Gasteiger charge is -2.12. The van der Waals surface area contributed by atoms with Gasteiger partial charge in [0.2, 0.25) is 0 Å². The summed E-state index contributed by atoms with van der Waals surface area (Å²) >= 11 is 3.39. The zero-order valence-electron chi connectivity index (χ0n) is 16.3. The number of ether oxygens (including phenoxy) is 1. The first-order chi connectivity index (χ1) is 14.4. The van der Waals surface area contributed by atoms with Crippen LogP contribution in [0.25, 0.3) is 0 Å². The largest absolute Gasteiger partial charge is 0.456 e. The first-order valence-electron chi connectivity index (χ1n) is 9.48. The molecule has 0 saturated carbocycles. The summed E-state index contributed by atoms with van der Waals surface area (Å²) in [5, 5.41) is 2.78. The van der Waals surface area contributed by atoms with Gasteiger partial charge in [0.05, 0.1) is 17.1 Å². The average Bonchev–Trinajstić information content (AvgIpc) is 2.72. The van der Waals surface area contributed by atoms with Crippen LogP contribution in [-0.4, -0.2) is 26.6 Å². The number of carbonyl (C=O) groups is 1. The van der Waals surface area contributed by atoms with E-state index in [-0.39, 0.29) is 24.0 Å². The van der Waals surface area contributed by atoms with Gasteiger partial charge in [-0.1, -0.05) is 64.5 Å². The Morgan fingerprint density at radius 1 is 0.933 bits per heavy atom. The molecule has 3 rings (SSSR count). The van der Waals surface area contributed by atoms with Gasteiger partial charge in [-0.2, -0.15) is 0 Å². The molecule has 7 heteroatoms. The van der Waals surface area contributed by atoms with Crippen molar-refractivity contribution in [1.82, 2.24) is 5.32 Å². The topological polar surface area (TPSA) is 72.5 Å². The van der Waals surface area contributed by atoms with E-state index < -0.39 is 9.84 Å². The maximum Gasteiger partial charge on any atom is 0.255 e. The van der Waals surface area contributed by atoms with E-state index >= 15 is 0 Å². The highest BCUT2D eigenvalue weighted by Crippen LogP contribution is 2.27. The maximum atomic E-state index is 12.6. The number of rotatable bonds is 9. The van der Waals surface area contributed by atoms with Gasteiger partial charge in [-0.25, -0.2) is 8.42 Å². The van der Waals surface area contributed by atoms with Gasteiger partial charge in [0.25, 0.3) is 5.91 Å². The summed E-state index contributed by atoms with van der Waals surface area (Å²) in [7, 11) is -3.23. The van der Waals surface area contributed by atoms with Crippen LogP contribution in [0.1, 0.15) is 22.3 Å². The number of carbonyl (C=O) groups excluding carboxylic acids is 1. The van der Waals surface area contributed by atoms with E-state index in [1.807, 2.05) is 36.4 Å². The van der Waals surface area contributed by atoms with Crippen LogP contribution in [0.5, 0.6) is 11.5 Å². The highest BCUT2D eigenvalue weighted by molar-refractivity contribution is 9.10. The molecule has 156 valence electrons. The lowest BCUT2D eigenvalue weighted by molar-refractivity contribution is 0.0951. The first kappa shape index (κ1) is 22.1. The molecule has 0 aromatic heterocycles. The Bertz CT molecular complexity index is 1100. The average molecular weight is 488 g/mol. The van der Waals surface area contributed by atoms with Crippen molar-refractivity contribution in [3.63, 3.8) is 0 Å². The minimum absolute atomic E-state index is 0.00505. The van der Waals surface area contributed by atoms with Crippen molar-refractivity contribution in [1.29, 1.82) is 0 Å². The number of benzene rings is 3. The number of para-hydroxylation sites is 1. The Morgan fingerprint density at radius 2 is 1.67 bits per heavy atom. The molecular weight excluding hydrogens is 466 g/mol. The van der Waals surface area contributed by atoms with Crippen molar-refractivity contribution < 1.29 is 17.9 Å². The van der Waals surface area contributed by atoms with Gasteiger partial charge in [-0.15, -0.1) is 0 Å². The second kappa shape index (κ2) is 10.4. The number of nitrogens with one attached hydrogen (secondary N) is 1. The third-order valence-corrected chi connectivity index (χ3v) is 6.48. The van der Waals surface area contributed by atoms with Crippen molar-refractivity contribution >= 4 is 31.7 Å². The molecule has 0 spiro atoms. The molecule has 3 aromatic carbocycles. The number of hydrogen-bond donors (Lipinski definition) is 1. The van der Waals surface area contributed by atoms with Crippen LogP contribution in [0, 0.1) is 0 Å². The van der Waals surface area contributed by atoms with E-state index in [9.17, 15) is 13.2 Å². The number of amides is 1. The summed E-state index contributed by atoms with van der Waals surface area (Å²) in [6, 6.07) is 23.4. The molecule has 0 saturated heterocycles. The molecule has 0 radical (unpaired) electrons. The van der Waals surface area contributed by atoms with Crippen LogP contribution in [0.3, 0.4) is 0 Å². The molecule has 0 bridgehead atoms. The molecule has 0 heterocycles. The molecule has 1 amide bonds. The number of sulfone groups is 1. The van der Waals surface area contributed by atoms with Gasteiger partial charge >= 0.3 is 0 Å². The van der Waals surface area contributed by atoms with Crippen LogP contribution in [-0.2, 0) is 15.6 Å². The summed E-state index contributed by atoms with van der Waals surface area (Å²) < 4.78 is 31.3. The molecule has 0 unspecified atom stereocenters. The van der Waals surface area contributed by atoms with Crippen molar-refractivity contribution in [2.24, 2.45) is 0 Å². The third kappa shape index (κ3) is 6.71. The summed E-state index contributed by atoms with van der Waals surface area (Å²) in [5.41, 5.74) is 1.16. The molecule has 0 aliphatic rings. The van der Waals surface area contributed by atoms with Crippen LogP contribution < -0.4 is 10.1 Å². The van der Waals surface area contributed by atoms with E-state index in [1.165, 1.54) is 0 Å². The number of hydrogen-bond acceptors (Lipinski definition) is 4. The summed E-state index contributed by atoms with van der Waals surface area (Å²) in [5.74, 6) is 0.756. The predicted octanol–water partition coefficient (Wildman–Crippen LogP) is 4.98. The predicted molar refractivity (Wildman–Crippen MR) is 122 cm³/mol. The molecule has 0 aliphatic carbocycles. The molecule has 5 nitrogen and oxygen atoms in total. The molecule has 1 N–H and O–H groups in total. The van der Waals surface area contributed by atoms with Crippen LogP contribution in [0.4, 0.5) is 0 Å². The van der Waals surface area contributed by atoms with Gasteiger partial charge in [0, 0.05) is 11.0 Å². The summed E-state index contributed by atoms with van der Waals surface area (Å²) in [6.45, 7) is 0.262. The smallest absolute Gasteiger partial charge is 0.255 e. The fourth-order valence-electron chi connectivity index (χ4n) is 2.89. The van der Waals surface area contributed by atoms with E-state index in [0.29, 0.717) is 23.5 Å². The van der Waals surface area contributed by atoms with Gasteiger partial charge in [-0.3, -0.25) is 4.79 Å². The van der Waals surface area contributed by atoms with E-state index in [1.54, 1.807) is 42.5 Å². The normalized spacial score (nSPS) is 11.1. The second-order valence-corrected chi connectivity index (χ2v) is 9.84. The second-order valence-electron chi connectivity index (χ2n) is 6.74. The zero-order chi connectivity index (χ0) is 21.4. The van der Waals surface area contributed by atoms with Crippen LogP contribution in [0.15, 0.2) is 83.3 Å². The molecule has 0 fully saturated rings. The monoisotopic (exact) mass is 487 g/mol. The fourth-order valence-corrected chi connectivity index (χ4v) is 4.70. The molecule has 30 heavy (non-hydrogen) atoms. The standard InChI is InChI=1S/C23H22BrNO4S/c24-19-10-6-11-20(16-19)29-22-13-5-4-12-21(22)23(26)25-14-7-15-30(27,28)17-18-8-2-1-3-9-18/h1-6,8-13,16H,7,14-15,17H2,(H,25,26). The van der Waals surface area contributed by atoms with E-state index in [2.05, 4.69) is 21.2 Å². The van der Waals surface area contributed by atoms with Crippen LogP contribution in [0.2, 0.25) is 0 Å². The Hall–Kier alpha value is -2.64. The van der Waals surface area contributed by atoms with E-state index in [4.69, 9.17) is 4.74 Å². The van der Waals surface area contributed by atoms with Gasteiger partial charge in [0.15, 0.2) is 9.84 Å². The van der Waals surface area contributed by atoms with Crippen molar-refractivity contribution in [2.75, 3.05) is 12.3 Å². The van der Waals surface area contributed by atoms with Crippen molar-refractivity contribution in [2.45, 2.75) is 12.2 Å². The molecule has 3 aromatic rings. The minimum Gasteiger partial charge on any atom is -0.456 e. The van der Waals surface area contributed by atoms with Gasteiger partial charge in [-0.05, 0) is 42.3 Å². The number of halogens is 1. The molecular formula is C23H22BrNO4S. The van der Waals surface area contributed by atoms with Gasteiger partial charge < -0.3 is 10.1 Å². The SMILES string of the molecule is O=C(NCCCS(=O)(=O)Cc1ccccc1)c1ccccc1Oc1cccc(Br)c1. The summed E-state index contributed by atoms with van der Waals surface area (Å²) in [6.07, 6.45) is 0.343. The van der Waals surface area contributed by atoms with Crippen molar-refractivity contribution in [3.05, 3.63) is 94.5 Å². The highest BCUT2D eigenvalue weighted by atomic mass is 79.9. The first-order valence-corrected chi connectivity index (χ1v) is 12.1. The quantitative estimate of drug-likeness (QED) is 0.432. The third-order valence-electron chi connectivity index (χ3n) is 4.30. The van der Waals surface area contributed by atoms with Crippen molar-refractivity contribution in [3.8, 4) is 11.5 Å². The van der Waals surface area contributed by atoms with Gasteiger partial charge in [0.1, 0.15) is 11.5 Å². The summed E-state index contributed by atoms with van der Waals surface area (Å²) in [4.78, 5) is 12.6. The fraction of sp³-hybridized carbons (Fsp3) is 0.174. The Labute approximate surface area is 185 Å². The molecule has 0 atom stereocenters.